The molecule has 2 aromatic heterocycles. The van der Waals surface area contributed by atoms with Crippen molar-refractivity contribution in [2.45, 2.75) is 37.7 Å². The van der Waals surface area contributed by atoms with Gasteiger partial charge in [-0.05, 0) is 31.5 Å². The zero-order valence-corrected chi connectivity index (χ0v) is 16.8. The van der Waals surface area contributed by atoms with Crippen LogP contribution >= 0.6 is 11.8 Å². The first-order valence-electron chi connectivity index (χ1n) is 9.30. The van der Waals surface area contributed by atoms with Crippen LogP contribution in [0.5, 0.6) is 0 Å². The van der Waals surface area contributed by atoms with Crippen molar-refractivity contribution in [3.8, 4) is 11.4 Å². The lowest BCUT2D eigenvalue weighted by molar-refractivity contribution is 0.626. The Hall–Kier alpha value is -2.93. The van der Waals surface area contributed by atoms with Gasteiger partial charge in [0.25, 0.3) is 0 Å². The Balaban J connectivity index is 1.62. The van der Waals surface area contributed by atoms with E-state index in [4.69, 9.17) is 5.73 Å². The van der Waals surface area contributed by atoms with E-state index in [9.17, 15) is 0 Å². The number of benzene rings is 2. The topological polar surface area (TPSA) is 82.5 Å². The van der Waals surface area contributed by atoms with Gasteiger partial charge in [0.1, 0.15) is 11.6 Å². The second-order valence-corrected chi connectivity index (χ2v) is 7.60. The van der Waals surface area contributed by atoms with Gasteiger partial charge in [-0.15, -0.1) is 10.2 Å². The average Bonchev–Trinajstić information content (AvgIpc) is 3.09. The number of thioether (sulfide) groups is 1. The molecule has 0 aliphatic carbocycles. The number of aromatic nitrogens is 5. The van der Waals surface area contributed by atoms with Gasteiger partial charge < -0.3 is 10.3 Å². The van der Waals surface area contributed by atoms with Gasteiger partial charge in [0.05, 0.1) is 11.3 Å². The first kappa shape index (κ1) is 18.4. The van der Waals surface area contributed by atoms with Gasteiger partial charge >= 0.3 is 0 Å². The Bertz CT molecular complexity index is 1120. The fourth-order valence-corrected chi connectivity index (χ4v) is 3.98. The maximum Gasteiger partial charge on any atom is 0.191 e. The van der Waals surface area contributed by atoms with Gasteiger partial charge in [0, 0.05) is 17.5 Å². The summed E-state index contributed by atoms with van der Waals surface area (Å²) in [6.45, 7) is 5.10. The first-order chi connectivity index (χ1) is 13.7. The normalized spacial score (nSPS) is 11.2. The molecule has 6 nitrogen and oxygen atoms in total. The molecule has 0 saturated carbocycles. The highest BCUT2D eigenvalue weighted by Gasteiger charge is 2.15. The summed E-state index contributed by atoms with van der Waals surface area (Å²) < 4.78 is 2.17. The molecule has 2 aromatic carbocycles. The molecule has 0 atom stereocenters. The molecule has 0 aliphatic rings. The Morgan fingerprint density at radius 2 is 1.89 bits per heavy atom. The van der Waals surface area contributed by atoms with Crippen molar-refractivity contribution < 1.29 is 0 Å². The maximum atomic E-state index is 6.10. The largest absolute Gasteiger partial charge is 0.383 e. The van der Waals surface area contributed by atoms with Crippen LogP contribution in [0.15, 0.2) is 53.7 Å². The number of nitrogens with two attached hydrogens (primary N) is 1. The zero-order chi connectivity index (χ0) is 19.5. The predicted molar refractivity (Wildman–Crippen MR) is 114 cm³/mol. The van der Waals surface area contributed by atoms with Crippen molar-refractivity contribution in [3.63, 3.8) is 0 Å². The smallest absolute Gasteiger partial charge is 0.191 e. The lowest BCUT2D eigenvalue weighted by atomic mass is 10.1. The van der Waals surface area contributed by atoms with E-state index in [0.717, 1.165) is 40.4 Å². The van der Waals surface area contributed by atoms with E-state index in [1.54, 1.807) is 11.8 Å². The molecule has 0 spiro atoms. The summed E-state index contributed by atoms with van der Waals surface area (Å²) in [7, 11) is 0. The number of nitrogens with zero attached hydrogens (tertiary/aromatic N) is 5. The summed E-state index contributed by atoms with van der Waals surface area (Å²) in [5.74, 6) is 2.69. The van der Waals surface area contributed by atoms with Crippen molar-refractivity contribution in [1.82, 2.24) is 24.7 Å². The molecule has 28 heavy (non-hydrogen) atoms. The minimum Gasteiger partial charge on any atom is -0.383 e. The summed E-state index contributed by atoms with van der Waals surface area (Å²) in [6.07, 6.45) is 1.00. The second-order valence-electron chi connectivity index (χ2n) is 6.66. The van der Waals surface area contributed by atoms with Crippen molar-refractivity contribution in [2.24, 2.45) is 0 Å². The molecule has 142 valence electrons. The molecule has 0 fully saturated rings. The Morgan fingerprint density at radius 1 is 1.04 bits per heavy atom. The van der Waals surface area contributed by atoms with Crippen LogP contribution in [0, 0.1) is 6.92 Å². The molecule has 0 aliphatic heterocycles. The molecule has 4 rings (SSSR count). The molecule has 0 radical (unpaired) electrons. The quantitative estimate of drug-likeness (QED) is 0.489. The Labute approximate surface area is 168 Å². The van der Waals surface area contributed by atoms with Crippen molar-refractivity contribution >= 4 is 28.5 Å². The average molecular weight is 391 g/mol. The lowest BCUT2D eigenvalue weighted by Gasteiger charge is -2.09. The van der Waals surface area contributed by atoms with Crippen LogP contribution in [0.25, 0.3) is 22.3 Å². The highest BCUT2D eigenvalue weighted by molar-refractivity contribution is 7.98. The summed E-state index contributed by atoms with van der Waals surface area (Å²) >= 11 is 1.59. The van der Waals surface area contributed by atoms with Gasteiger partial charge in [-0.25, -0.2) is 9.97 Å². The minimum atomic E-state index is 0.511. The standard InChI is InChI=1S/C21H22N6S/c1-3-11-27-20(15-8-6-7-14(2)12-15)25-26-21(27)28-13-18-23-17-10-5-4-9-16(17)19(22)24-18/h4-10,12H,3,11,13H2,1-2H3,(H2,22,23,24). The van der Waals surface area contributed by atoms with E-state index in [1.165, 1.54) is 5.56 Å². The van der Waals surface area contributed by atoms with Crippen LogP contribution in [0.4, 0.5) is 5.82 Å². The SMILES string of the molecule is CCCn1c(SCc2nc(N)c3ccccc3n2)nnc1-c1cccc(C)c1. The molecule has 2 heterocycles. The van der Waals surface area contributed by atoms with E-state index < -0.39 is 0 Å². The first-order valence-corrected chi connectivity index (χ1v) is 10.3. The van der Waals surface area contributed by atoms with Gasteiger partial charge in [-0.3, -0.25) is 0 Å². The summed E-state index contributed by atoms with van der Waals surface area (Å²) in [4.78, 5) is 9.09. The number of hydrogen-bond donors (Lipinski definition) is 1. The van der Waals surface area contributed by atoms with Crippen LogP contribution in [-0.4, -0.2) is 24.7 Å². The monoisotopic (exact) mass is 390 g/mol. The van der Waals surface area contributed by atoms with E-state index in [2.05, 4.69) is 56.8 Å². The minimum absolute atomic E-state index is 0.511. The van der Waals surface area contributed by atoms with Gasteiger partial charge in [0.2, 0.25) is 0 Å². The molecule has 0 bridgehead atoms. The van der Waals surface area contributed by atoms with Crippen LogP contribution in [0.1, 0.15) is 24.7 Å². The molecule has 0 amide bonds. The number of aryl methyl sites for hydroxylation is 1. The molecule has 7 heteroatoms. The van der Waals surface area contributed by atoms with Gasteiger partial charge in [-0.1, -0.05) is 54.6 Å². The second kappa shape index (κ2) is 7.98. The number of rotatable bonds is 6. The number of para-hydroxylation sites is 1. The molecule has 4 aromatic rings. The third kappa shape index (κ3) is 3.71. The van der Waals surface area contributed by atoms with Crippen molar-refractivity contribution in [3.05, 3.63) is 59.9 Å². The highest BCUT2D eigenvalue weighted by Crippen LogP contribution is 2.27. The van der Waals surface area contributed by atoms with Crippen LogP contribution < -0.4 is 5.73 Å². The number of hydrogen-bond acceptors (Lipinski definition) is 6. The third-order valence-electron chi connectivity index (χ3n) is 4.45. The Kier molecular flexibility index (Phi) is 5.25. The van der Waals surface area contributed by atoms with Gasteiger partial charge in [-0.2, -0.15) is 0 Å². The molecular weight excluding hydrogens is 368 g/mol. The highest BCUT2D eigenvalue weighted by atomic mass is 32.2. The number of anilines is 1. The van der Waals surface area contributed by atoms with Crippen LogP contribution in [-0.2, 0) is 12.3 Å². The fraction of sp³-hybridized carbons (Fsp3) is 0.238. The van der Waals surface area contributed by atoms with Crippen molar-refractivity contribution in [1.29, 1.82) is 0 Å². The lowest BCUT2D eigenvalue weighted by Crippen LogP contribution is -2.03. The molecular formula is C21H22N6S. The third-order valence-corrected chi connectivity index (χ3v) is 5.41. The predicted octanol–water partition coefficient (Wildman–Crippen LogP) is 4.48. The van der Waals surface area contributed by atoms with E-state index in [1.807, 2.05) is 30.3 Å². The number of fused-ring (bicyclic) bond motifs is 1. The van der Waals surface area contributed by atoms with E-state index in [-0.39, 0.29) is 0 Å². The number of nitrogen functional groups attached to an aromatic ring is 1. The molecule has 0 saturated heterocycles. The van der Waals surface area contributed by atoms with E-state index >= 15 is 0 Å². The van der Waals surface area contributed by atoms with E-state index in [0.29, 0.717) is 17.4 Å². The molecule has 0 unspecified atom stereocenters. The summed E-state index contributed by atoms with van der Waals surface area (Å²) in [5.41, 5.74) is 9.26. The zero-order valence-electron chi connectivity index (χ0n) is 16.0. The molecule has 2 N–H and O–H groups in total. The van der Waals surface area contributed by atoms with Crippen LogP contribution in [0.3, 0.4) is 0 Å². The fourth-order valence-electron chi connectivity index (χ4n) is 3.16. The summed E-state index contributed by atoms with van der Waals surface area (Å²) in [5, 5.41) is 10.6. The maximum absolute atomic E-state index is 6.10. The van der Waals surface area contributed by atoms with Crippen LogP contribution in [0.2, 0.25) is 0 Å². The Morgan fingerprint density at radius 3 is 2.71 bits per heavy atom. The summed E-state index contributed by atoms with van der Waals surface area (Å²) in [6, 6.07) is 16.1. The van der Waals surface area contributed by atoms with Gasteiger partial charge in [0.15, 0.2) is 11.0 Å². The van der Waals surface area contributed by atoms with Crippen molar-refractivity contribution in [2.75, 3.05) is 5.73 Å².